The molecule has 0 unspecified atom stereocenters. The fourth-order valence-corrected chi connectivity index (χ4v) is 0.313. The third kappa shape index (κ3) is 3.66. The molecule has 0 atom stereocenters. The highest BCUT2D eigenvalue weighted by Crippen LogP contribution is 1.97. The molecule has 0 N–H and O–H groups in total. The molecule has 0 aromatic carbocycles. The first-order valence-electron chi connectivity index (χ1n) is 2.42. The van der Waals surface area contributed by atoms with Crippen LogP contribution in [-0.4, -0.2) is 7.85 Å². The molecule has 0 aliphatic rings. The molecule has 0 fully saturated rings. The standard InChI is InChI=1S/C6H8BF/c1-3-6(7)4-5(2)8/h3-4H,1-2H3. The average molecular weight is 110 g/mol. The van der Waals surface area contributed by atoms with Gasteiger partial charge in [0.25, 0.3) is 0 Å². The lowest BCUT2D eigenvalue weighted by atomic mass is 9.95. The summed E-state index contributed by atoms with van der Waals surface area (Å²) in [6.45, 7) is 3.12. The summed E-state index contributed by atoms with van der Waals surface area (Å²) in [5.41, 5.74) is 0.463. The molecular weight excluding hydrogens is 102 g/mol. The topological polar surface area (TPSA) is 0 Å². The van der Waals surface area contributed by atoms with Crippen molar-refractivity contribution in [2.24, 2.45) is 0 Å². The van der Waals surface area contributed by atoms with Crippen LogP contribution >= 0.6 is 0 Å². The number of hydrogen-bond donors (Lipinski definition) is 0. The maximum absolute atomic E-state index is 11.9. The van der Waals surface area contributed by atoms with Gasteiger partial charge in [0.15, 0.2) is 0 Å². The highest BCUT2D eigenvalue weighted by Gasteiger charge is 1.80. The molecule has 8 heavy (non-hydrogen) atoms. The summed E-state index contributed by atoms with van der Waals surface area (Å²) in [7, 11) is 5.22. The van der Waals surface area contributed by atoms with Gasteiger partial charge >= 0.3 is 0 Å². The molecule has 0 bridgehead atoms. The second-order valence-corrected chi connectivity index (χ2v) is 1.52. The predicted octanol–water partition coefficient (Wildman–Crippen LogP) is 1.93. The van der Waals surface area contributed by atoms with Crippen LogP contribution in [0.1, 0.15) is 13.8 Å². The first-order chi connectivity index (χ1) is 3.66. The maximum atomic E-state index is 11.9. The minimum Gasteiger partial charge on any atom is -0.212 e. The monoisotopic (exact) mass is 110 g/mol. The fraction of sp³-hybridized carbons (Fsp3) is 0.333. The van der Waals surface area contributed by atoms with Crippen LogP contribution in [0.2, 0.25) is 0 Å². The van der Waals surface area contributed by atoms with Crippen molar-refractivity contribution in [2.45, 2.75) is 13.8 Å². The summed E-state index contributed by atoms with van der Waals surface area (Å²) < 4.78 is 11.9. The zero-order valence-electron chi connectivity index (χ0n) is 5.11. The van der Waals surface area contributed by atoms with E-state index >= 15 is 0 Å². The van der Waals surface area contributed by atoms with Crippen molar-refractivity contribution in [3.05, 3.63) is 23.5 Å². The molecule has 0 aromatic heterocycles. The number of halogens is 1. The van der Waals surface area contributed by atoms with Crippen LogP contribution in [0.5, 0.6) is 0 Å². The molecule has 0 nitrogen and oxygen atoms in total. The van der Waals surface area contributed by atoms with E-state index in [2.05, 4.69) is 0 Å². The molecule has 0 saturated carbocycles. The molecule has 0 aliphatic heterocycles. The third-order valence-corrected chi connectivity index (χ3v) is 0.699. The first kappa shape index (κ1) is 7.47. The molecule has 0 amide bonds. The Morgan fingerprint density at radius 2 is 2.12 bits per heavy atom. The second kappa shape index (κ2) is 3.47. The highest BCUT2D eigenvalue weighted by atomic mass is 19.1. The molecule has 0 spiro atoms. The van der Waals surface area contributed by atoms with Crippen LogP contribution in [0.25, 0.3) is 0 Å². The Kier molecular flexibility index (Phi) is 3.25. The lowest BCUT2D eigenvalue weighted by molar-refractivity contribution is 0.640. The van der Waals surface area contributed by atoms with Crippen molar-refractivity contribution >= 4 is 7.85 Å². The van der Waals surface area contributed by atoms with Gasteiger partial charge < -0.3 is 0 Å². The Morgan fingerprint density at radius 3 is 2.25 bits per heavy atom. The maximum Gasteiger partial charge on any atom is 0.113 e. The average Bonchev–Trinajstić information content (AvgIpc) is 1.65. The lowest BCUT2D eigenvalue weighted by Gasteiger charge is -1.86. The number of allylic oxidation sites excluding steroid dienone is 4. The van der Waals surface area contributed by atoms with E-state index < -0.39 is 0 Å². The summed E-state index contributed by atoms with van der Waals surface area (Å²) >= 11 is 0. The largest absolute Gasteiger partial charge is 0.212 e. The van der Waals surface area contributed by atoms with E-state index in [4.69, 9.17) is 7.85 Å². The molecule has 2 heteroatoms. The number of rotatable bonds is 1. The van der Waals surface area contributed by atoms with Gasteiger partial charge in [-0.15, -0.1) is 0 Å². The third-order valence-electron chi connectivity index (χ3n) is 0.699. The Hall–Kier alpha value is -0.525. The van der Waals surface area contributed by atoms with Crippen LogP contribution < -0.4 is 0 Å². The van der Waals surface area contributed by atoms with Crippen LogP contribution in [-0.2, 0) is 0 Å². The van der Waals surface area contributed by atoms with E-state index in [1.165, 1.54) is 13.0 Å². The molecule has 0 saturated heterocycles. The van der Waals surface area contributed by atoms with Crippen LogP contribution in [0.3, 0.4) is 0 Å². The summed E-state index contributed by atoms with van der Waals surface area (Å²) in [6.07, 6.45) is 2.92. The quantitative estimate of drug-likeness (QED) is 0.357. The van der Waals surface area contributed by atoms with Gasteiger partial charge in [-0.1, -0.05) is 11.5 Å². The van der Waals surface area contributed by atoms with E-state index in [0.29, 0.717) is 5.47 Å². The highest BCUT2D eigenvalue weighted by molar-refractivity contribution is 6.23. The molecule has 0 rings (SSSR count). The fourth-order valence-electron chi connectivity index (χ4n) is 0.313. The Morgan fingerprint density at radius 1 is 1.62 bits per heavy atom. The molecule has 0 aromatic rings. The summed E-state index contributed by atoms with van der Waals surface area (Å²) in [5.74, 6) is -0.263. The van der Waals surface area contributed by atoms with Gasteiger partial charge in [-0.05, 0) is 19.9 Å². The molecule has 0 heterocycles. The summed E-state index contributed by atoms with van der Waals surface area (Å²) in [4.78, 5) is 0. The second-order valence-electron chi connectivity index (χ2n) is 1.52. The summed E-state index contributed by atoms with van der Waals surface area (Å²) in [5, 5.41) is 0. The van der Waals surface area contributed by atoms with Crippen LogP contribution in [0.4, 0.5) is 4.39 Å². The van der Waals surface area contributed by atoms with Gasteiger partial charge in [0.1, 0.15) is 7.85 Å². The van der Waals surface area contributed by atoms with E-state index in [9.17, 15) is 4.39 Å². The Bertz CT molecular complexity index is 120. The molecule has 42 valence electrons. The van der Waals surface area contributed by atoms with Crippen molar-refractivity contribution in [3.8, 4) is 0 Å². The van der Waals surface area contributed by atoms with Gasteiger partial charge in [-0.2, -0.15) is 0 Å². The zero-order valence-corrected chi connectivity index (χ0v) is 5.11. The predicted molar refractivity (Wildman–Crippen MR) is 34.4 cm³/mol. The van der Waals surface area contributed by atoms with Crippen LogP contribution in [0, 0.1) is 0 Å². The van der Waals surface area contributed by atoms with Gasteiger partial charge in [-0.25, -0.2) is 4.39 Å². The normalized spacial score (nSPS) is 14.4. The first-order valence-corrected chi connectivity index (χ1v) is 2.42. The molecular formula is C6H8BF. The van der Waals surface area contributed by atoms with Gasteiger partial charge in [-0.3, -0.25) is 0 Å². The van der Waals surface area contributed by atoms with Crippen molar-refractivity contribution < 1.29 is 4.39 Å². The van der Waals surface area contributed by atoms with Crippen molar-refractivity contribution in [3.63, 3.8) is 0 Å². The van der Waals surface area contributed by atoms with Gasteiger partial charge in [0.05, 0.1) is 5.83 Å². The van der Waals surface area contributed by atoms with Crippen molar-refractivity contribution in [1.82, 2.24) is 0 Å². The molecule has 0 aliphatic carbocycles. The minimum atomic E-state index is -0.263. The van der Waals surface area contributed by atoms with E-state index in [-0.39, 0.29) is 5.83 Å². The summed E-state index contributed by atoms with van der Waals surface area (Å²) in [6, 6.07) is 0. The van der Waals surface area contributed by atoms with Gasteiger partial charge in [0.2, 0.25) is 0 Å². The zero-order chi connectivity index (χ0) is 6.57. The van der Waals surface area contributed by atoms with E-state index in [1.807, 2.05) is 0 Å². The van der Waals surface area contributed by atoms with Crippen molar-refractivity contribution in [1.29, 1.82) is 0 Å². The van der Waals surface area contributed by atoms with E-state index in [0.717, 1.165) is 0 Å². The smallest absolute Gasteiger partial charge is 0.113 e. The minimum absolute atomic E-state index is 0.263. The Labute approximate surface area is 50.5 Å². The SMILES string of the molecule is [B]C(C=C(C)F)=CC. The van der Waals surface area contributed by atoms with Gasteiger partial charge in [0, 0.05) is 0 Å². The van der Waals surface area contributed by atoms with E-state index in [1.54, 1.807) is 13.0 Å². The lowest BCUT2D eigenvalue weighted by Crippen LogP contribution is -1.72. The number of hydrogen-bond acceptors (Lipinski definition) is 0. The van der Waals surface area contributed by atoms with Crippen LogP contribution in [0.15, 0.2) is 23.5 Å². The van der Waals surface area contributed by atoms with Crippen molar-refractivity contribution in [2.75, 3.05) is 0 Å². The molecule has 2 radical (unpaired) electrons. The Balaban J connectivity index is 3.89.